The largest absolute Gasteiger partial charge is 0.371 e. The highest BCUT2D eigenvalue weighted by atomic mass is 19.1. The molecule has 0 radical (unpaired) electrons. The lowest BCUT2D eigenvalue weighted by Gasteiger charge is -2.23. The van der Waals surface area contributed by atoms with E-state index < -0.39 is 0 Å². The van der Waals surface area contributed by atoms with Crippen molar-refractivity contribution in [2.24, 2.45) is 0 Å². The number of hydrogen-bond donors (Lipinski definition) is 0. The monoisotopic (exact) mass is 460 g/mol. The third kappa shape index (κ3) is 3.42. The number of aromatic nitrogens is 2. The molecule has 4 aromatic rings. The van der Waals surface area contributed by atoms with Gasteiger partial charge >= 0.3 is 6.03 Å². The van der Waals surface area contributed by atoms with Gasteiger partial charge in [0.25, 0.3) is 0 Å². The molecule has 6 rings (SSSR count). The Morgan fingerprint density at radius 2 is 1.76 bits per heavy atom. The quantitative estimate of drug-likeness (QED) is 0.427. The van der Waals surface area contributed by atoms with Gasteiger partial charge in [-0.1, -0.05) is 30.3 Å². The number of rotatable bonds is 4. The average molecular weight is 460 g/mol. The molecule has 3 aromatic carbocycles. The van der Waals surface area contributed by atoms with Gasteiger partial charge in [0.05, 0.1) is 36.2 Å². The number of anilines is 1. The normalized spacial score (nSPS) is 20.6. The van der Waals surface area contributed by atoms with Crippen molar-refractivity contribution < 1.29 is 18.3 Å². The first kappa shape index (κ1) is 20.8. The Kier molecular flexibility index (Phi) is 5.03. The van der Waals surface area contributed by atoms with Crippen LogP contribution in [0.1, 0.15) is 18.1 Å². The molecule has 2 amide bonds. The lowest BCUT2D eigenvalue weighted by molar-refractivity contribution is 0.102. The summed E-state index contributed by atoms with van der Waals surface area (Å²) in [5, 5.41) is 5.18. The van der Waals surface area contributed by atoms with Gasteiger partial charge in [-0.05, 0) is 42.0 Å². The van der Waals surface area contributed by atoms with Crippen LogP contribution in [0.3, 0.4) is 0 Å². The van der Waals surface area contributed by atoms with Crippen molar-refractivity contribution in [2.75, 3.05) is 24.6 Å². The maximum Gasteiger partial charge on any atom is 0.324 e. The number of para-hydroxylation sites is 1. The van der Waals surface area contributed by atoms with Crippen LogP contribution in [-0.4, -0.2) is 46.4 Å². The Hall–Kier alpha value is -3.78. The molecule has 1 aromatic heterocycles. The Morgan fingerprint density at radius 3 is 2.62 bits per heavy atom. The first-order chi connectivity index (χ1) is 16.6. The van der Waals surface area contributed by atoms with E-state index in [0.717, 1.165) is 22.2 Å². The third-order valence-electron chi connectivity index (χ3n) is 6.64. The van der Waals surface area contributed by atoms with Gasteiger partial charge in [-0.2, -0.15) is 5.10 Å². The number of hydrogen-bond acceptors (Lipinski definition) is 3. The van der Waals surface area contributed by atoms with E-state index in [1.165, 1.54) is 18.2 Å². The van der Waals surface area contributed by atoms with E-state index in [1.54, 1.807) is 40.0 Å². The molecule has 2 aliphatic heterocycles. The van der Waals surface area contributed by atoms with Gasteiger partial charge in [-0.15, -0.1) is 0 Å². The highest BCUT2D eigenvalue weighted by Gasteiger charge is 2.39. The van der Waals surface area contributed by atoms with E-state index in [4.69, 9.17) is 4.74 Å². The fraction of sp³-hybridized carbons (Fsp3) is 0.231. The van der Waals surface area contributed by atoms with Crippen molar-refractivity contribution in [3.05, 3.63) is 90.1 Å². The zero-order valence-electron chi connectivity index (χ0n) is 18.3. The molecule has 0 aliphatic carbocycles. The molecule has 0 spiro atoms. The minimum Gasteiger partial charge on any atom is -0.371 e. The van der Waals surface area contributed by atoms with Crippen molar-refractivity contribution in [1.29, 1.82) is 0 Å². The zero-order chi connectivity index (χ0) is 23.2. The molecule has 0 bridgehead atoms. The SMILES string of the molecule is O=C1N(c2cccc3c2cnn3-c2ccccc2F)CCN1[C@H]1CO[C@H](c2cccc(F)c2)C1. The number of amides is 2. The lowest BCUT2D eigenvalue weighted by Crippen LogP contribution is -2.39. The van der Waals surface area contributed by atoms with E-state index in [9.17, 15) is 13.6 Å². The van der Waals surface area contributed by atoms with Crippen LogP contribution in [0, 0.1) is 11.6 Å². The van der Waals surface area contributed by atoms with E-state index >= 15 is 0 Å². The number of urea groups is 1. The van der Waals surface area contributed by atoms with Gasteiger partial charge in [-0.25, -0.2) is 18.3 Å². The predicted octanol–water partition coefficient (Wildman–Crippen LogP) is 5.08. The number of fused-ring (bicyclic) bond motifs is 1. The van der Waals surface area contributed by atoms with Crippen molar-refractivity contribution >= 4 is 22.6 Å². The molecule has 6 nitrogen and oxygen atoms in total. The average Bonchev–Trinajstić information content (AvgIpc) is 3.58. The second kappa shape index (κ2) is 8.22. The molecule has 34 heavy (non-hydrogen) atoms. The molecule has 3 heterocycles. The standard InChI is InChI=1S/C26H22F2N4O2/c27-18-6-3-5-17(13-18)25-14-19(16-34-25)30-11-12-31(26(30)33)22-9-4-10-23-20(22)15-29-32(23)24-8-2-1-7-21(24)28/h1-10,13,15,19,25H,11-12,14,16H2/t19-,25+/m1/s1. The van der Waals surface area contributed by atoms with Crippen molar-refractivity contribution in [2.45, 2.75) is 18.6 Å². The van der Waals surface area contributed by atoms with Crippen molar-refractivity contribution in [3.63, 3.8) is 0 Å². The molecule has 2 atom stereocenters. The molecule has 172 valence electrons. The molecular weight excluding hydrogens is 438 g/mol. The van der Waals surface area contributed by atoms with Crippen LogP contribution in [0.5, 0.6) is 0 Å². The smallest absolute Gasteiger partial charge is 0.324 e. The van der Waals surface area contributed by atoms with Crippen LogP contribution in [0.4, 0.5) is 19.3 Å². The summed E-state index contributed by atoms with van der Waals surface area (Å²) in [5.74, 6) is -0.660. The summed E-state index contributed by atoms with van der Waals surface area (Å²) in [6.45, 7) is 1.51. The molecule has 0 N–H and O–H groups in total. The van der Waals surface area contributed by atoms with Crippen molar-refractivity contribution in [1.82, 2.24) is 14.7 Å². The minimum absolute atomic E-state index is 0.0777. The summed E-state index contributed by atoms with van der Waals surface area (Å²) in [6, 6.07) is 18.3. The Labute approximate surface area is 195 Å². The van der Waals surface area contributed by atoms with Gasteiger partial charge in [0.1, 0.15) is 17.3 Å². The second-order valence-corrected chi connectivity index (χ2v) is 8.61. The highest BCUT2D eigenvalue weighted by Crippen LogP contribution is 2.36. The van der Waals surface area contributed by atoms with E-state index in [2.05, 4.69) is 5.10 Å². The Balaban J connectivity index is 1.25. The van der Waals surface area contributed by atoms with Gasteiger partial charge < -0.3 is 9.64 Å². The third-order valence-corrected chi connectivity index (χ3v) is 6.64. The number of ether oxygens (including phenoxy) is 1. The second-order valence-electron chi connectivity index (χ2n) is 8.61. The number of nitrogens with zero attached hydrogens (tertiary/aromatic N) is 4. The fourth-order valence-electron chi connectivity index (χ4n) is 4.97. The van der Waals surface area contributed by atoms with Crippen LogP contribution in [-0.2, 0) is 4.74 Å². The number of halogens is 2. The van der Waals surface area contributed by atoms with Crippen LogP contribution >= 0.6 is 0 Å². The molecule has 2 saturated heterocycles. The Bertz CT molecular complexity index is 1390. The first-order valence-corrected chi connectivity index (χ1v) is 11.3. The molecule has 2 fully saturated rings. The van der Waals surface area contributed by atoms with Crippen LogP contribution < -0.4 is 4.90 Å². The van der Waals surface area contributed by atoms with Gasteiger partial charge in [0, 0.05) is 24.9 Å². The molecular formula is C26H22F2N4O2. The highest BCUT2D eigenvalue weighted by molar-refractivity contribution is 6.03. The van der Waals surface area contributed by atoms with Crippen LogP contribution in [0.15, 0.2) is 72.9 Å². The number of benzene rings is 3. The summed E-state index contributed by atoms with van der Waals surface area (Å²) >= 11 is 0. The van der Waals surface area contributed by atoms with Crippen molar-refractivity contribution in [3.8, 4) is 5.69 Å². The van der Waals surface area contributed by atoms with Gasteiger partial charge in [0.15, 0.2) is 0 Å². The zero-order valence-corrected chi connectivity index (χ0v) is 18.3. The summed E-state index contributed by atoms with van der Waals surface area (Å²) in [4.78, 5) is 17.0. The molecule has 0 saturated carbocycles. The van der Waals surface area contributed by atoms with Gasteiger partial charge in [0.2, 0.25) is 0 Å². The molecule has 0 unspecified atom stereocenters. The van der Waals surface area contributed by atoms with E-state index in [1.807, 2.05) is 29.2 Å². The minimum atomic E-state index is -0.365. The number of carbonyl (C=O) groups excluding carboxylic acids is 1. The molecule has 8 heteroatoms. The van der Waals surface area contributed by atoms with E-state index in [-0.39, 0.29) is 29.8 Å². The van der Waals surface area contributed by atoms with Crippen LogP contribution in [0.25, 0.3) is 16.6 Å². The topological polar surface area (TPSA) is 50.6 Å². The van der Waals surface area contributed by atoms with Gasteiger partial charge in [-0.3, -0.25) is 4.90 Å². The maximum absolute atomic E-state index is 14.4. The summed E-state index contributed by atoms with van der Waals surface area (Å²) in [5.41, 5.74) is 2.62. The van der Waals surface area contributed by atoms with Crippen LogP contribution in [0.2, 0.25) is 0 Å². The van der Waals surface area contributed by atoms with E-state index in [0.29, 0.717) is 31.8 Å². The Morgan fingerprint density at radius 1 is 0.941 bits per heavy atom. The molecule has 2 aliphatic rings. The lowest BCUT2D eigenvalue weighted by atomic mass is 10.0. The summed E-state index contributed by atoms with van der Waals surface area (Å²) in [6.07, 6.45) is 2.06. The number of carbonyl (C=O) groups is 1. The first-order valence-electron chi connectivity index (χ1n) is 11.3. The summed E-state index contributed by atoms with van der Waals surface area (Å²) in [7, 11) is 0. The maximum atomic E-state index is 14.4. The fourth-order valence-corrected chi connectivity index (χ4v) is 4.97. The summed E-state index contributed by atoms with van der Waals surface area (Å²) < 4.78 is 35.5. The predicted molar refractivity (Wildman–Crippen MR) is 124 cm³/mol.